The van der Waals surface area contributed by atoms with Crippen LogP contribution in [0.3, 0.4) is 0 Å². The molecule has 1 nitrogen and oxygen atoms in total. The fourth-order valence-electron chi connectivity index (χ4n) is 0.684. The van der Waals surface area contributed by atoms with E-state index in [2.05, 4.69) is 13.5 Å². The van der Waals surface area contributed by atoms with Gasteiger partial charge < -0.3 is 4.90 Å². The van der Waals surface area contributed by atoms with E-state index < -0.39 is 0 Å². The molecule has 0 bridgehead atoms. The number of rotatable bonds is 5. The summed E-state index contributed by atoms with van der Waals surface area (Å²) in [6, 6.07) is 0. The molecule has 12 heavy (non-hydrogen) atoms. The Labute approximate surface area is 76.3 Å². The molecule has 0 spiro atoms. The molecule has 0 atom stereocenters. The van der Waals surface area contributed by atoms with Gasteiger partial charge in [-0.05, 0) is 26.9 Å². The van der Waals surface area contributed by atoms with Crippen LogP contribution in [0.1, 0.15) is 26.7 Å². The molecule has 0 fully saturated rings. The number of hydrogen-bond acceptors (Lipinski definition) is 1. The van der Waals surface area contributed by atoms with Gasteiger partial charge >= 0.3 is 0 Å². The summed E-state index contributed by atoms with van der Waals surface area (Å²) in [5.41, 5.74) is 0. The Morgan fingerprint density at radius 3 is 2.25 bits per heavy atom. The van der Waals surface area contributed by atoms with E-state index in [1.54, 1.807) is 6.08 Å². The van der Waals surface area contributed by atoms with Crippen LogP contribution >= 0.6 is 0 Å². The van der Waals surface area contributed by atoms with Gasteiger partial charge in [-0.25, -0.2) is 4.39 Å². The van der Waals surface area contributed by atoms with E-state index in [9.17, 15) is 4.39 Å². The van der Waals surface area contributed by atoms with Crippen LogP contribution in [0.5, 0.6) is 0 Å². The van der Waals surface area contributed by atoms with Crippen molar-refractivity contribution in [1.29, 1.82) is 0 Å². The summed E-state index contributed by atoms with van der Waals surface area (Å²) in [7, 11) is 1.95. The van der Waals surface area contributed by atoms with Crippen LogP contribution in [0.2, 0.25) is 0 Å². The third kappa shape index (κ3) is 16.3. The predicted octanol–water partition coefficient (Wildman–Crippen LogP) is 2.88. The minimum Gasteiger partial charge on any atom is -0.304 e. The Morgan fingerprint density at radius 1 is 1.42 bits per heavy atom. The first kappa shape index (κ1) is 14.2. The van der Waals surface area contributed by atoms with Gasteiger partial charge in [0.2, 0.25) is 0 Å². The minimum absolute atomic E-state index is 0.222. The number of allylic oxidation sites excluding steroid dienone is 1. The molecule has 0 saturated heterocycles. The average molecular weight is 175 g/mol. The summed E-state index contributed by atoms with van der Waals surface area (Å²) in [5.74, 6) is 0. The highest BCUT2D eigenvalue weighted by atomic mass is 19.1. The van der Waals surface area contributed by atoms with Crippen molar-refractivity contribution in [3.63, 3.8) is 0 Å². The summed E-state index contributed by atoms with van der Waals surface area (Å²) in [6.07, 6.45) is 4.12. The molecule has 0 amide bonds. The van der Waals surface area contributed by atoms with Gasteiger partial charge in [-0.15, -0.1) is 6.58 Å². The smallest absolute Gasteiger partial charge is 0.102 e. The third-order valence-electron chi connectivity index (χ3n) is 1.36. The summed E-state index contributed by atoms with van der Waals surface area (Å²) in [4.78, 5) is 2.02. The van der Waals surface area contributed by atoms with Crippen LogP contribution in [0.25, 0.3) is 0 Å². The lowest BCUT2D eigenvalue weighted by Crippen LogP contribution is -2.21. The van der Waals surface area contributed by atoms with Gasteiger partial charge in [0.1, 0.15) is 6.67 Å². The molecule has 0 radical (unpaired) electrons. The molecule has 0 saturated carbocycles. The van der Waals surface area contributed by atoms with E-state index in [1.165, 1.54) is 12.8 Å². The van der Waals surface area contributed by atoms with E-state index in [-0.39, 0.29) is 6.67 Å². The minimum atomic E-state index is -0.222. The van der Waals surface area contributed by atoms with E-state index in [0.29, 0.717) is 6.54 Å². The lowest BCUT2D eigenvalue weighted by molar-refractivity contribution is 0.291. The Bertz CT molecular complexity index is 83.9. The van der Waals surface area contributed by atoms with Crippen molar-refractivity contribution in [3.8, 4) is 0 Å². The highest BCUT2D eigenvalue weighted by molar-refractivity contribution is 4.51. The van der Waals surface area contributed by atoms with Gasteiger partial charge in [0.05, 0.1) is 0 Å². The van der Waals surface area contributed by atoms with Crippen LogP contribution in [-0.4, -0.2) is 31.7 Å². The Balaban J connectivity index is 0. The van der Waals surface area contributed by atoms with Crippen LogP contribution in [0.15, 0.2) is 12.7 Å². The van der Waals surface area contributed by atoms with Crippen LogP contribution < -0.4 is 0 Å². The van der Waals surface area contributed by atoms with Crippen molar-refractivity contribution in [2.75, 3.05) is 26.8 Å². The monoisotopic (exact) mass is 175 g/mol. The first-order chi connectivity index (χ1) is 5.72. The number of nitrogens with zero attached hydrogens (tertiary/aromatic N) is 1. The lowest BCUT2D eigenvalue weighted by atomic mass is 10.3. The van der Waals surface area contributed by atoms with Crippen molar-refractivity contribution in [2.45, 2.75) is 26.7 Å². The quantitative estimate of drug-likeness (QED) is 0.581. The van der Waals surface area contributed by atoms with Gasteiger partial charge in [0.15, 0.2) is 0 Å². The van der Waals surface area contributed by atoms with Crippen LogP contribution in [0.4, 0.5) is 4.39 Å². The zero-order valence-electron chi connectivity index (χ0n) is 8.65. The topological polar surface area (TPSA) is 3.24 Å². The van der Waals surface area contributed by atoms with Gasteiger partial charge in [0.25, 0.3) is 0 Å². The number of alkyl halides is 1. The molecule has 0 aliphatic rings. The number of hydrogen-bond donors (Lipinski definition) is 0. The first-order valence-electron chi connectivity index (χ1n) is 4.54. The molecule has 74 valence electrons. The molecule has 0 rings (SSSR count). The highest BCUT2D eigenvalue weighted by Crippen LogP contribution is 1.90. The largest absolute Gasteiger partial charge is 0.304 e. The molecule has 0 aromatic carbocycles. The zero-order chi connectivity index (χ0) is 9.82. The molecule has 0 aromatic heterocycles. The normalized spacial score (nSPS) is 9.08. The van der Waals surface area contributed by atoms with Gasteiger partial charge in [-0.1, -0.05) is 19.4 Å². The Morgan fingerprint density at radius 2 is 1.92 bits per heavy atom. The van der Waals surface area contributed by atoms with Gasteiger partial charge in [-0.3, -0.25) is 0 Å². The fourth-order valence-corrected chi connectivity index (χ4v) is 0.684. The average Bonchev–Trinajstić information content (AvgIpc) is 2.03. The second kappa shape index (κ2) is 13.2. The molecular weight excluding hydrogens is 153 g/mol. The molecule has 0 N–H and O–H groups in total. The highest BCUT2D eigenvalue weighted by Gasteiger charge is 1.93. The van der Waals surface area contributed by atoms with Crippen LogP contribution in [-0.2, 0) is 0 Å². The van der Waals surface area contributed by atoms with Crippen molar-refractivity contribution < 1.29 is 4.39 Å². The Kier molecular flexibility index (Phi) is 15.6. The lowest BCUT2D eigenvalue weighted by Gasteiger charge is -2.12. The van der Waals surface area contributed by atoms with Gasteiger partial charge in [0, 0.05) is 6.54 Å². The van der Waals surface area contributed by atoms with Crippen molar-refractivity contribution in [2.24, 2.45) is 0 Å². The molecular formula is C10H22FN. The SMILES string of the molecule is C=CC.CCCCN(C)CCF. The van der Waals surface area contributed by atoms with Crippen molar-refractivity contribution >= 4 is 0 Å². The summed E-state index contributed by atoms with van der Waals surface area (Å²) in [5, 5.41) is 0. The molecule has 0 aromatic rings. The number of halogens is 1. The maximum absolute atomic E-state index is 11.6. The van der Waals surface area contributed by atoms with E-state index in [1.807, 2.05) is 18.9 Å². The first-order valence-corrected chi connectivity index (χ1v) is 4.54. The molecule has 0 aliphatic carbocycles. The van der Waals surface area contributed by atoms with Gasteiger partial charge in [-0.2, -0.15) is 0 Å². The molecule has 2 heteroatoms. The molecule has 0 unspecified atom stereocenters. The third-order valence-corrected chi connectivity index (χ3v) is 1.36. The Hall–Kier alpha value is -0.370. The molecule has 0 aliphatic heterocycles. The predicted molar refractivity (Wildman–Crippen MR) is 54.3 cm³/mol. The zero-order valence-corrected chi connectivity index (χ0v) is 8.65. The van der Waals surface area contributed by atoms with Crippen molar-refractivity contribution in [3.05, 3.63) is 12.7 Å². The maximum Gasteiger partial charge on any atom is 0.102 e. The summed E-state index contributed by atoms with van der Waals surface area (Å²) >= 11 is 0. The van der Waals surface area contributed by atoms with Crippen LogP contribution in [0, 0.1) is 0 Å². The summed E-state index contributed by atoms with van der Waals surface area (Å²) < 4.78 is 11.6. The maximum atomic E-state index is 11.6. The standard InChI is InChI=1S/C7H16FN.C3H6/c1-3-4-6-9(2)7-5-8;1-3-2/h3-7H2,1-2H3;3H,1H2,2H3. The second-order valence-electron chi connectivity index (χ2n) is 2.75. The fraction of sp³-hybridized carbons (Fsp3) is 0.800. The van der Waals surface area contributed by atoms with E-state index in [4.69, 9.17) is 0 Å². The van der Waals surface area contributed by atoms with E-state index >= 15 is 0 Å². The molecule has 0 heterocycles. The summed E-state index contributed by atoms with van der Waals surface area (Å²) in [6.45, 7) is 8.78. The van der Waals surface area contributed by atoms with Crippen molar-refractivity contribution in [1.82, 2.24) is 4.90 Å². The van der Waals surface area contributed by atoms with E-state index in [0.717, 1.165) is 6.54 Å². The second-order valence-corrected chi connectivity index (χ2v) is 2.75. The number of unbranched alkanes of at least 4 members (excludes halogenated alkanes) is 1.